The Labute approximate surface area is 195 Å². The van der Waals surface area contributed by atoms with E-state index in [1.165, 1.54) is 12.3 Å². The molecule has 0 fully saturated rings. The third-order valence-electron chi connectivity index (χ3n) is 4.85. The number of H-pyrrole nitrogens is 1. The van der Waals surface area contributed by atoms with Crippen molar-refractivity contribution in [2.45, 2.75) is 4.90 Å². The van der Waals surface area contributed by atoms with Gasteiger partial charge in [-0.15, -0.1) is 10.2 Å². The van der Waals surface area contributed by atoms with Crippen molar-refractivity contribution in [3.05, 3.63) is 95.9 Å². The van der Waals surface area contributed by atoms with E-state index in [1.54, 1.807) is 24.3 Å². The van der Waals surface area contributed by atoms with Crippen molar-refractivity contribution in [2.75, 3.05) is 5.32 Å². The van der Waals surface area contributed by atoms with Gasteiger partial charge in [-0.05, 0) is 39.6 Å². The van der Waals surface area contributed by atoms with Gasteiger partial charge in [0, 0.05) is 11.9 Å². The summed E-state index contributed by atoms with van der Waals surface area (Å²) in [4.78, 5) is -0.277. The molecule has 4 rings (SSSR count). The minimum atomic E-state index is -4.51. The van der Waals surface area contributed by atoms with Gasteiger partial charge in [0.05, 0.1) is 0 Å². The Kier molecular flexibility index (Phi) is 6.59. The first-order chi connectivity index (χ1) is 16.4. The summed E-state index contributed by atoms with van der Waals surface area (Å²) in [5.74, 6) is 0.0860. The molecule has 0 aliphatic carbocycles. The highest BCUT2D eigenvalue weighted by atomic mass is 32.2. The molecule has 4 aromatic rings. The number of anilines is 1. The second kappa shape index (κ2) is 9.91. The highest BCUT2D eigenvalue weighted by Gasteiger charge is 2.15. The first kappa shape index (κ1) is 22.6. The number of allylic oxidation sites excluding steroid dienone is 1. The molecule has 3 aromatic carbocycles. The van der Waals surface area contributed by atoms with E-state index in [1.807, 2.05) is 60.7 Å². The van der Waals surface area contributed by atoms with Crippen LogP contribution in [0.3, 0.4) is 0 Å². The van der Waals surface area contributed by atoms with E-state index in [0.29, 0.717) is 11.3 Å². The average Bonchev–Trinajstić information content (AvgIpc) is 3.39. The zero-order valence-electron chi connectivity index (χ0n) is 17.6. The predicted octanol–water partition coefficient (Wildman–Crippen LogP) is 4.26. The number of benzene rings is 3. The van der Waals surface area contributed by atoms with Gasteiger partial charge in [-0.1, -0.05) is 72.8 Å². The zero-order chi connectivity index (χ0) is 24.0. The molecule has 0 spiro atoms. The number of nitrogens with zero attached hydrogens (tertiary/aromatic N) is 4. The highest BCUT2D eigenvalue weighted by Crippen LogP contribution is 2.24. The molecule has 0 amide bonds. The Bertz CT molecular complexity index is 1490. The predicted molar refractivity (Wildman–Crippen MR) is 128 cm³/mol. The van der Waals surface area contributed by atoms with Gasteiger partial charge in [-0.2, -0.15) is 18.9 Å². The van der Waals surface area contributed by atoms with Crippen molar-refractivity contribution in [1.82, 2.24) is 20.6 Å². The van der Waals surface area contributed by atoms with Crippen LogP contribution in [0.25, 0.3) is 28.9 Å². The van der Waals surface area contributed by atoms with E-state index in [-0.39, 0.29) is 16.3 Å². The van der Waals surface area contributed by atoms with Crippen LogP contribution in [0.5, 0.6) is 0 Å². The summed E-state index contributed by atoms with van der Waals surface area (Å²) in [7, 11) is -4.51. The average molecular weight is 471 g/mol. The molecular weight excluding hydrogens is 452 g/mol. The molecule has 0 saturated heterocycles. The Balaban J connectivity index is 1.57. The maximum atomic E-state index is 12.0. The normalized spacial score (nSPS) is 11.9. The molecule has 1 aromatic heterocycles. The molecule has 0 atom stereocenters. The van der Waals surface area contributed by atoms with Crippen molar-refractivity contribution in [1.29, 1.82) is 5.26 Å². The molecule has 10 heteroatoms. The quantitative estimate of drug-likeness (QED) is 0.206. The van der Waals surface area contributed by atoms with Gasteiger partial charge in [0.2, 0.25) is 5.82 Å². The van der Waals surface area contributed by atoms with E-state index < -0.39 is 10.1 Å². The van der Waals surface area contributed by atoms with Crippen LogP contribution in [0.4, 0.5) is 5.69 Å². The number of tetrazole rings is 1. The van der Waals surface area contributed by atoms with Gasteiger partial charge in [0.25, 0.3) is 10.1 Å². The summed E-state index contributed by atoms with van der Waals surface area (Å²) in [6.07, 6.45) is 4.69. The molecule has 0 radical (unpaired) electrons. The lowest BCUT2D eigenvalue weighted by atomic mass is 10.0. The minimum Gasteiger partial charge on any atom is -0.360 e. The number of rotatable bonds is 7. The van der Waals surface area contributed by atoms with E-state index in [0.717, 1.165) is 16.7 Å². The van der Waals surface area contributed by atoms with Gasteiger partial charge >= 0.3 is 0 Å². The van der Waals surface area contributed by atoms with Gasteiger partial charge < -0.3 is 5.32 Å². The second-order valence-electron chi connectivity index (χ2n) is 7.10. The van der Waals surface area contributed by atoms with E-state index in [2.05, 4.69) is 25.9 Å². The van der Waals surface area contributed by atoms with Crippen molar-refractivity contribution in [2.24, 2.45) is 0 Å². The molecule has 0 saturated carbocycles. The maximum Gasteiger partial charge on any atom is 0.295 e. The lowest BCUT2D eigenvalue weighted by Gasteiger charge is -2.07. The fraction of sp³-hybridized carbons (Fsp3) is 0. The SMILES string of the molecule is N#CC(=CNc1ccc(C=Cc2ccc(-c3ccccc3)cc2)c(S(=O)(=O)O)c1)c1nn[nH]n1. The first-order valence-electron chi connectivity index (χ1n) is 10.00. The molecule has 0 aliphatic rings. The molecule has 168 valence electrons. The molecule has 0 aliphatic heterocycles. The second-order valence-corrected chi connectivity index (χ2v) is 8.49. The standard InChI is InChI=1S/C24H18N6O3S/c25-15-21(24-27-29-30-28-24)16-26-22-13-12-20(23(14-22)34(31,32)33)11-8-17-6-9-19(10-7-17)18-4-2-1-3-5-18/h1-14,16,26H,(H,31,32,33)(H,27,28,29,30). The van der Waals surface area contributed by atoms with Crippen LogP contribution < -0.4 is 5.32 Å². The van der Waals surface area contributed by atoms with Gasteiger partial charge in [0.1, 0.15) is 16.5 Å². The molecule has 34 heavy (non-hydrogen) atoms. The highest BCUT2D eigenvalue weighted by molar-refractivity contribution is 7.86. The smallest absolute Gasteiger partial charge is 0.295 e. The van der Waals surface area contributed by atoms with Gasteiger partial charge in [-0.3, -0.25) is 4.55 Å². The summed E-state index contributed by atoms with van der Waals surface area (Å²) < 4.78 is 33.7. The fourth-order valence-electron chi connectivity index (χ4n) is 3.17. The molecule has 0 unspecified atom stereocenters. The Morgan fingerprint density at radius 2 is 1.74 bits per heavy atom. The summed E-state index contributed by atoms with van der Waals surface area (Å²) in [6, 6.07) is 24.1. The van der Waals surface area contributed by atoms with E-state index in [4.69, 9.17) is 0 Å². The lowest BCUT2D eigenvalue weighted by molar-refractivity contribution is 0.483. The number of aromatic nitrogens is 4. The molecule has 3 N–H and O–H groups in total. The number of hydrogen-bond acceptors (Lipinski definition) is 7. The van der Waals surface area contributed by atoms with Crippen LogP contribution in [-0.2, 0) is 10.1 Å². The van der Waals surface area contributed by atoms with Crippen molar-refractivity contribution >= 4 is 33.5 Å². The van der Waals surface area contributed by atoms with Gasteiger partial charge in [0.15, 0.2) is 0 Å². The Morgan fingerprint density at radius 3 is 2.38 bits per heavy atom. The molecule has 1 heterocycles. The fourth-order valence-corrected chi connectivity index (χ4v) is 3.88. The maximum absolute atomic E-state index is 12.0. The summed E-state index contributed by atoms with van der Waals surface area (Å²) in [6.45, 7) is 0. The van der Waals surface area contributed by atoms with Crippen LogP contribution in [-0.4, -0.2) is 33.6 Å². The Morgan fingerprint density at radius 1 is 1.00 bits per heavy atom. The summed E-state index contributed by atoms with van der Waals surface area (Å²) in [5.41, 5.74) is 3.77. The van der Waals surface area contributed by atoms with Crippen molar-refractivity contribution in [3.63, 3.8) is 0 Å². The Hall–Kier alpha value is -4.59. The van der Waals surface area contributed by atoms with Crippen LogP contribution in [0.1, 0.15) is 17.0 Å². The number of hydrogen-bond donors (Lipinski definition) is 3. The zero-order valence-corrected chi connectivity index (χ0v) is 18.4. The number of aromatic amines is 1. The largest absolute Gasteiger partial charge is 0.360 e. The van der Waals surface area contributed by atoms with Crippen molar-refractivity contribution in [3.8, 4) is 17.2 Å². The summed E-state index contributed by atoms with van der Waals surface area (Å²) in [5, 5.41) is 25.1. The first-order valence-corrected chi connectivity index (χ1v) is 11.4. The monoisotopic (exact) mass is 470 g/mol. The van der Waals surface area contributed by atoms with E-state index in [9.17, 15) is 18.2 Å². The van der Waals surface area contributed by atoms with Gasteiger partial charge in [-0.25, -0.2) is 0 Å². The topological polar surface area (TPSA) is 145 Å². The van der Waals surface area contributed by atoms with E-state index >= 15 is 0 Å². The van der Waals surface area contributed by atoms with Crippen LogP contribution in [0.2, 0.25) is 0 Å². The molecule has 9 nitrogen and oxygen atoms in total. The number of nitriles is 1. The summed E-state index contributed by atoms with van der Waals surface area (Å²) >= 11 is 0. The molecular formula is C24H18N6O3S. The van der Waals surface area contributed by atoms with Crippen LogP contribution in [0.15, 0.2) is 83.9 Å². The van der Waals surface area contributed by atoms with Crippen LogP contribution >= 0.6 is 0 Å². The third kappa shape index (κ3) is 5.42. The third-order valence-corrected chi connectivity index (χ3v) is 5.76. The number of nitrogens with one attached hydrogen (secondary N) is 2. The van der Waals surface area contributed by atoms with Crippen molar-refractivity contribution < 1.29 is 13.0 Å². The minimum absolute atomic E-state index is 0.0860. The lowest BCUT2D eigenvalue weighted by Crippen LogP contribution is -2.02. The molecule has 0 bridgehead atoms. The van der Waals surface area contributed by atoms with Crippen LogP contribution in [0, 0.1) is 11.3 Å².